The summed E-state index contributed by atoms with van der Waals surface area (Å²) >= 11 is 0. The number of fused-ring (bicyclic) bond motifs is 2. The van der Waals surface area contributed by atoms with E-state index >= 15 is 0 Å². The van der Waals surface area contributed by atoms with Gasteiger partial charge in [-0.3, -0.25) is 4.79 Å². The minimum Gasteiger partial charge on any atom is -0.361 e. The zero-order chi connectivity index (χ0) is 17.3. The number of nitriles is 1. The number of aromatic amines is 1. The van der Waals surface area contributed by atoms with Crippen LogP contribution in [0, 0.1) is 11.3 Å². The minimum atomic E-state index is -1.16. The lowest BCUT2D eigenvalue weighted by atomic mass is 10.1. The molecule has 0 spiro atoms. The lowest BCUT2D eigenvalue weighted by molar-refractivity contribution is 0.0898. The number of hydrogen-bond donors (Lipinski definition) is 1. The molecule has 0 bridgehead atoms. The SMILES string of the molecule is C[Si](C)(C)CCOCn1cc(C#N)c(=O)c2cc3n[nH]nc3cc21. The Hall–Kier alpha value is -2.50. The zero-order valence-corrected chi connectivity index (χ0v) is 15.0. The molecule has 0 aliphatic rings. The number of H-pyrrole nitrogens is 1. The van der Waals surface area contributed by atoms with Crippen LogP contribution < -0.4 is 5.43 Å². The molecule has 2 heterocycles. The van der Waals surface area contributed by atoms with Crippen molar-refractivity contribution in [1.82, 2.24) is 20.0 Å². The van der Waals surface area contributed by atoms with Crippen LogP contribution in [-0.2, 0) is 11.5 Å². The van der Waals surface area contributed by atoms with Crippen LogP contribution in [0.15, 0.2) is 23.1 Å². The number of aromatic nitrogens is 4. The van der Waals surface area contributed by atoms with Gasteiger partial charge in [0, 0.05) is 26.3 Å². The molecule has 0 aliphatic heterocycles. The predicted molar refractivity (Wildman–Crippen MR) is 94.5 cm³/mol. The number of hydrogen-bond acceptors (Lipinski definition) is 5. The monoisotopic (exact) mass is 341 g/mol. The third-order valence-electron chi connectivity index (χ3n) is 3.86. The number of ether oxygens (including phenoxy) is 1. The van der Waals surface area contributed by atoms with Crippen molar-refractivity contribution >= 4 is 30.0 Å². The fourth-order valence-electron chi connectivity index (χ4n) is 2.45. The maximum absolute atomic E-state index is 12.4. The predicted octanol–water partition coefficient (Wildman–Crippen LogP) is 2.46. The first-order valence-electron chi connectivity index (χ1n) is 7.74. The van der Waals surface area contributed by atoms with Crippen molar-refractivity contribution in [2.45, 2.75) is 32.4 Å². The Kier molecular flexibility index (Phi) is 4.21. The van der Waals surface area contributed by atoms with Gasteiger partial charge in [-0.15, -0.1) is 0 Å². The molecular formula is C16H19N5O2Si. The van der Waals surface area contributed by atoms with E-state index in [1.807, 2.05) is 6.07 Å². The highest BCUT2D eigenvalue weighted by molar-refractivity contribution is 6.76. The number of rotatable bonds is 5. The van der Waals surface area contributed by atoms with Gasteiger partial charge in [-0.25, -0.2) is 0 Å². The molecule has 8 heteroatoms. The molecule has 3 rings (SSSR count). The van der Waals surface area contributed by atoms with E-state index in [9.17, 15) is 10.1 Å². The standard InChI is InChI=1S/C16H19N5O2Si/c1-24(2,3)5-4-23-10-21-9-11(8-17)16(22)12-6-13-14(7-15(12)21)19-20-18-13/h6-7,9H,4-5,10H2,1-3H3,(H,18,19,20). The fraction of sp³-hybridized carbons (Fsp3) is 0.375. The molecule has 3 aromatic rings. The lowest BCUT2D eigenvalue weighted by Gasteiger charge is -2.17. The van der Waals surface area contributed by atoms with Crippen molar-refractivity contribution in [3.8, 4) is 6.07 Å². The van der Waals surface area contributed by atoms with Gasteiger partial charge in [0.2, 0.25) is 5.43 Å². The average molecular weight is 341 g/mol. The molecule has 1 aromatic carbocycles. The number of pyridine rings is 1. The highest BCUT2D eigenvalue weighted by atomic mass is 28.3. The summed E-state index contributed by atoms with van der Waals surface area (Å²) in [4.78, 5) is 12.4. The highest BCUT2D eigenvalue weighted by Gasteiger charge is 2.14. The Balaban J connectivity index is 2.01. The van der Waals surface area contributed by atoms with Crippen LogP contribution in [0.5, 0.6) is 0 Å². The molecule has 7 nitrogen and oxygen atoms in total. The summed E-state index contributed by atoms with van der Waals surface area (Å²) in [5.41, 5.74) is 1.76. The van der Waals surface area contributed by atoms with Crippen LogP contribution in [0.2, 0.25) is 25.7 Å². The normalized spacial score (nSPS) is 11.9. The molecule has 2 aromatic heterocycles. The summed E-state index contributed by atoms with van der Waals surface area (Å²) in [7, 11) is -1.16. The Morgan fingerprint density at radius 2 is 2.00 bits per heavy atom. The van der Waals surface area contributed by atoms with E-state index in [4.69, 9.17) is 4.74 Å². The van der Waals surface area contributed by atoms with Gasteiger partial charge in [0.15, 0.2) is 0 Å². The van der Waals surface area contributed by atoms with E-state index in [1.165, 1.54) is 0 Å². The van der Waals surface area contributed by atoms with E-state index in [0.29, 0.717) is 35.3 Å². The number of nitrogens with one attached hydrogen (secondary N) is 1. The van der Waals surface area contributed by atoms with Crippen molar-refractivity contribution in [3.05, 3.63) is 34.1 Å². The quantitative estimate of drug-likeness (QED) is 0.568. The third-order valence-corrected chi connectivity index (χ3v) is 5.57. The summed E-state index contributed by atoms with van der Waals surface area (Å²) in [6.07, 6.45) is 1.55. The van der Waals surface area contributed by atoms with Crippen LogP contribution in [0.4, 0.5) is 0 Å². The molecule has 124 valence electrons. The van der Waals surface area contributed by atoms with Gasteiger partial charge in [0.25, 0.3) is 0 Å². The van der Waals surface area contributed by atoms with Crippen molar-refractivity contribution in [2.75, 3.05) is 6.61 Å². The maximum atomic E-state index is 12.4. The minimum absolute atomic E-state index is 0.0964. The smallest absolute Gasteiger partial charge is 0.207 e. The first kappa shape index (κ1) is 16.4. The molecule has 0 radical (unpaired) electrons. The largest absolute Gasteiger partial charge is 0.361 e. The van der Waals surface area contributed by atoms with Gasteiger partial charge in [-0.1, -0.05) is 19.6 Å². The molecule has 0 amide bonds. The summed E-state index contributed by atoms with van der Waals surface area (Å²) in [5.74, 6) is 0. The van der Waals surface area contributed by atoms with E-state index in [2.05, 4.69) is 35.1 Å². The number of nitrogens with zero attached hydrogens (tertiary/aromatic N) is 4. The highest BCUT2D eigenvalue weighted by Crippen LogP contribution is 2.18. The molecule has 24 heavy (non-hydrogen) atoms. The summed E-state index contributed by atoms with van der Waals surface area (Å²) in [5, 5.41) is 20.3. The molecule has 0 saturated heterocycles. The van der Waals surface area contributed by atoms with Crippen molar-refractivity contribution in [2.24, 2.45) is 0 Å². The first-order valence-corrected chi connectivity index (χ1v) is 11.5. The summed E-state index contributed by atoms with van der Waals surface area (Å²) in [6.45, 7) is 7.83. The Morgan fingerprint density at radius 3 is 2.67 bits per heavy atom. The van der Waals surface area contributed by atoms with E-state index in [-0.39, 0.29) is 11.0 Å². The van der Waals surface area contributed by atoms with Gasteiger partial charge >= 0.3 is 0 Å². The zero-order valence-electron chi connectivity index (χ0n) is 14.0. The Morgan fingerprint density at radius 1 is 1.29 bits per heavy atom. The van der Waals surface area contributed by atoms with E-state index in [1.54, 1.807) is 22.9 Å². The average Bonchev–Trinajstić information content (AvgIpc) is 2.98. The summed E-state index contributed by atoms with van der Waals surface area (Å²) < 4.78 is 7.56. The Bertz CT molecular complexity index is 994. The van der Waals surface area contributed by atoms with Gasteiger partial charge in [-0.05, 0) is 18.2 Å². The molecule has 0 aliphatic carbocycles. The van der Waals surface area contributed by atoms with Gasteiger partial charge < -0.3 is 9.30 Å². The Labute approximate surface area is 139 Å². The van der Waals surface area contributed by atoms with Crippen LogP contribution >= 0.6 is 0 Å². The van der Waals surface area contributed by atoms with Crippen molar-refractivity contribution in [1.29, 1.82) is 5.26 Å². The first-order chi connectivity index (χ1) is 11.4. The third kappa shape index (κ3) is 3.22. The summed E-state index contributed by atoms with van der Waals surface area (Å²) in [6, 6.07) is 6.47. The molecule has 0 saturated carbocycles. The van der Waals surface area contributed by atoms with Gasteiger partial charge in [-0.2, -0.15) is 20.7 Å². The molecular weight excluding hydrogens is 322 g/mol. The molecule has 0 fully saturated rings. The van der Waals surface area contributed by atoms with Gasteiger partial charge in [0.05, 0.1) is 5.52 Å². The molecule has 0 unspecified atom stereocenters. The maximum Gasteiger partial charge on any atom is 0.207 e. The second-order valence-corrected chi connectivity index (χ2v) is 12.6. The van der Waals surface area contributed by atoms with Crippen molar-refractivity contribution < 1.29 is 4.74 Å². The number of benzene rings is 1. The topological polar surface area (TPSA) is 96.6 Å². The van der Waals surface area contributed by atoms with Crippen LogP contribution in [-0.4, -0.2) is 34.7 Å². The van der Waals surface area contributed by atoms with Crippen molar-refractivity contribution in [3.63, 3.8) is 0 Å². The second-order valence-electron chi connectivity index (χ2n) is 6.98. The lowest BCUT2D eigenvalue weighted by Crippen LogP contribution is -2.22. The van der Waals surface area contributed by atoms with Crippen LogP contribution in [0.1, 0.15) is 5.56 Å². The second kappa shape index (κ2) is 6.18. The molecule has 1 N–H and O–H groups in total. The van der Waals surface area contributed by atoms with Crippen LogP contribution in [0.25, 0.3) is 21.9 Å². The van der Waals surface area contributed by atoms with E-state index in [0.717, 1.165) is 6.04 Å². The molecule has 0 atom stereocenters. The fourth-order valence-corrected chi connectivity index (χ4v) is 3.21. The van der Waals surface area contributed by atoms with Crippen LogP contribution in [0.3, 0.4) is 0 Å². The van der Waals surface area contributed by atoms with Gasteiger partial charge in [0.1, 0.15) is 29.4 Å². The van der Waals surface area contributed by atoms with E-state index < -0.39 is 8.07 Å².